The maximum absolute atomic E-state index is 10.4. The molecule has 0 saturated carbocycles. The Morgan fingerprint density at radius 3 is 2.38 bits per heavy atom. The van der Waals surface area contributed by atoms with Crippen LogP contribution in [0.4, 0.5) is 0 Å². The minimum atomic E-state index is -1.86. The summed E-state index contributed by atoms with van der Waals surface area (Å²) in [4.78, 5) is 2.32. The van der Waals surface area contributed by atoms with E-state index in [1.54, 1.807) is 0 Å². The molecule has 1 atom stereocenters. The van der Waals surface area contributed by atoms with Gasteiger partial charge >= 0.3 is 0 Å². The minimum Gasteiger partial charge on any atom is -0.772 e. The van der Waals surface area contributed by atoms with Crippen molar-refractivity contribution in [2.24, 2.45) is 11.3 Å². The highest BCUT2D eigenvalue weighted by molar-refractivity contribution is 7.79. The van der Waals surface area contributed by atoms with E-state index in [9.17, 15) is 8.76 Å². The molecule has 1 saturated heterocycles. The Morgan fingerprint density at radius 1 is 1.46 bits per heavy atom. The van der Waals surface area contributed by atoms with Gasteiger partial charge in [0, 0.05) is 25.4 Å². The van der Waals surface area contributed by atoms with Gasteiger partial charge in [-0.05, 0) is 11.3 Å². The van der Waals surface area contributed by atoms with E-state index < -0.39 is 11.1 Å². The summed E-state index contributed by atoms with van der Waals surface area (Å²) >= 11 is -1.86. The molecule has 0 aromatic heterocycles. The van der Waals surface area contributed by atoms with Gasteiger partial charge in [0.15, 0.2) is 0 Å². The third-order valence-electron chi connectivity index (χ3n) is 2.10. The van der Waals surface area contributed by atoms with Gasteiger partial charge in [-0.2, -0.15) is 0 Å². The van der Waals surface area contributed by atoms with E-state index in [4.69, 9.17) is 0 Å². The first kappa shape index (κ1) is 11.1. The summed E-state index contributed by atoms with van der Waals surface area (Å²) in [5.74, 6) is 0.710. The van der Waals surface area contributed by atoms with Gasteiger partial charge in [-0.15, -0.1) is 0 Å². The van der Waals surface area contributed by atoms with Crippen LogP contribution in [-0.2, 0) is 11.1 Å². The van der Waals surface area contributed by atoms with Crippen LogP contribution in [0.5, 0.6) is 0 Å². The van der Waals surface area contributed by atoms with Gasteiger partial charge in [-0.1, -0.05) is 31.9 Å². The lowest BCUT2D eigenvalue weighted by atomic mass is 9.92. The van der Waals surface area contributed by atoms with Gasteiger partial charge in [0.1, 0.15) is 0 Å². The zero-order chi connectivity index (χ0) is 10.1. The Kier molecular flexibility index (Phi) is 3.49. The Labute approximate surface area is 82.8 Å². The van der Waals surface area contributed by atoms with E-state index in [-0.39, 0.29) is 0 Å². The quantitative estimate of drug-likeness (QED) is 0.640. The van der Waals surface area contributed by atoms with Crippen molar-refractivity contribution >= 4 is 11.1 Å². The van der Waals surface area contributed by atoms with Gasteiger partial charge in [0.25, 0.3) is 0 Å². The van der Waals surface area contributed by atoms with Crippen LogP contribution in [0.2, 0.25) is 0 Å². The average Bonchev–Trinajstić information content (AvgIpc) is 1.78. The zero-order valence-electron chi connectivity index (χ0n) is 8.58. The van der Waals surface area contributed by atoms with Crippen molar-refractivity contribution in [3.05, 3.63) is 0 Å². The normalized spacial score (nSPS) is 22.8. The predicted molar refractivity (Wildman–Crippen MR) is 53.2 cm³/mol. The maximum Gasteiger partial charge on any atom is 0.0154 e. The summed E-state index contributed by atoms with van der Waals surface area (Å²) in [6, 6.07) is 0. The monoisotopic (exact) mass is 204 g/mol. The fraction of sp³-hybridized carbons (Fsp3) is 1.00. The second kappa shape index (κ2) is 4.07. The molecular weight excluding hydrogens is 186 g/mol. The summed E-state index contributed by atoms with van der Waals surface area (Å²) < 4.78 is 20.8. The van der Waals surface area contributed by atoms with Crippen LogP contribution in [0.15, 0.2) is 0 Å². The molecule has 0 radical (unpaired) electrons. The van der Waals surface area contributed by atoms with Crippen LogP contribution in [-0.4, -0.2) is 39.0 Å². The van der Waals surface area contributed by atoms with E-state index in [0.29, 0.717) is 17.1 Å². The Hall–Kier alpha value is 0.0700. The average molecular weight is 204 g/mol. The Balaban J connectivity index is 2.15. The third-order valence-corrected chi connectivity index (χ3v) is 2.85. The number of rotatable bonds is 3. The predicted octanol–water partition coefficient (Wildman–Crippen LogP) is 0.843. The standard InChI is InChI=1S/C9H19NO2S/c1-9(2,3)7-10-4-8(5-10)6-13(11)12/h8H,4-7H2,1-3H3,(H,11,12)/p-1. The molecule has 0 aromatic carbocycles. The third kappa shape index (κ3) is 4.20. The lowest BCUT2D eigenvalue weighted by Gasteiger charge is -2.42. The lowest BCUT2D eigenvalue weighted by molar-refractivity contribution is 0.0750. The molecule has 0 spiro atoms. The molecule has 0 aromatic rings. The summed E-state index contributed by atoms with van der Waals surface area (Å²) in [6.45, 7) is 9.57. The van der Waals surface area contributed by atoms with Gasteiger partial charge < -0.3 is 9.45 Å². The van der Waals surface area contributed by atoms with Crippen molar-refractivity contribution < 1.29 is 8.76 Å². The van der Waals surface area contributed by atoms with Crippen molar-refractivity contribution in [1.29, 1.82) is 0 Å². The smallest absolute Gasteiger partial charge is 0.0154 e. The lowest BCUT2D eigenvalue weighted by Crippen LogP contribution is -2.51. The molecule has 0 bridgehead atoms. The topological polar surface area (TPSA) is 43.4 Å². The van der Waals surface area contributed by atoms with Crippen molar-refractivity contribution in [3.8, 4) is 0 Å². The van der Waals surface area contributed by atoms with Crippen molar-refractivity contribution in [3.63, 3.8) is 0 Å². The Morgan fingerprint density at radius 2 is 2.00 bits per heavy atom. The van der Waals surface area contributed by atoms with E-state index >= 15 is 0 Å². The first-order valence-corrected chi connectivity index (χ1v) is 5.89. The van der Waals surface area contributed by atoms with E-state index in [1.807, 2.05) is 0 Å². The maximum atomic E-state index is 10.4. The van der Waals surface area contributed by atoms with Crippen molar-refractivity contribution in [1.82, 2.24) is 4.90 Å². The number of likely N-dealkylation sites (tertiary alicyclic amines) is 1. The molecule has 13 heavy (non-hydrogen) atoms. The van der Waals surface area contributed by atoms with Crippen LogP contribution in [0.3, 0.4) is 0 Å². The first-order valence-electron chi connectivity index (χ1n) is 4.65. The van der Waals surface area contributed by atoms with Crippen LogP contribution < -0.4 is 0 Å². The summed E-state index contributed by atoms with van der Waals surface area (Å²) in [5.41, 5.74) is 0.321. The molecule has 4 heteroatoms. The minimum absolute atomic E-state index is 0.321. The molecule has 1 unspecified atom stereocenters. The largest absolute Gasteiger partial charge is 0.772 e. The fourth-order valence-electron chi connectivity index (χ4n) is 1.77. The highest BCUT2D eigenvalue weighted by Gasteiger charge is 2.29. The molecule has 3 nitrogen and oxygen atoms in total. The molecule has 0 N–H and O–H groups in total. The van der Waals surface area contributed by atoms with Gasteiger partial charge in [-0.3, -0.25) is 4.21 Å². The SMILES string of the molecule is CC(C)(C)CN1CC(CS(=O)[O-])C1. The molecular formula is C9H18NO2S-. The number of hydrogen-bond acceptors (Lipinski definition) is 3. The molecule has 0 amide bonds. The second-order valence-electron chi connectivity index (χ2n) is 5.09. The molecule has 78 valence electrons. The Bertz CT molecular complexity index is 194. The molecule has 1 aliphatic rings. The highest BCUT2D eigenvalue weighted by Crippen LogP contribution is 2.22. The fourth-order valence-corrected chi connectivity index (χ4v) is 2.37. The van der Waals surface area contributed by atoms with Gasteiger partial charge in [0.2, 0.25) is 0 Å². The van der Waals surface area contributed by atoms with Crippen LogP contribution in [0, 0.1) is 11.3 Å². The van der Waals surface area contributed by atoms with Crippen LogP contribution in [0.25, 0.3) is 0 Å². The molecule has 0 aliphatic carbocycles. The van der Waals surface area contributed by atoms with Gasteiger partial charge in [-0.25, -0.2) is 0 Å². The van der Waals surface area contributed by atoms with Crippen molar-refractivity contribution in [2.75, 3.05) is 25.4 Å². The summed E-state index contributed by atoms with van der Waals surface area (Å²) in [5, 5.41) is 0. The summed E-state index contributed by atoms with van der Waals surface area (Å²) in [6.07, 6.45) is 0. The van der Waals surface area contributed by atoms with Crippen molar-refractivity contribution in [2.45, 2.75) is 20.8 Å². The van der Waals surface area contributed by atoms with Crippen LogP contribution in [0.1, 0.15) is 20.8 Å². The molecule has 1 fully saturated rings. The van der Waals surface area contributed by atoms with E-state index in [0.717, 1.165) is 19.6 Å². The number of hydrogen-bond donors (Lipinski definition) is 0. The molecule has 1 aliphatic heterocycles. The molecule has 1 rings (SSSR count). The summed E-state index contributed by atoms with van der Waals surface area (Å²) in [7, 11) is 0. The highest BCUT2D eigenvalue weighted by atomic mass is 32.2. The van der Waals surface area contributed by atoms with E-state index in [2.05, 4.69) is 25.7 Å². The van der Waals surface area contributed by atoms with Crippen LogP contribution >= 0.6 is 0 Å². The zero-order valence-corrected chi connectivity index (χ0v) is 9.39. The molecule has 1 heterocycles. The van der Waals surface area contributed by atoms with Gasteiger partial charge in [0.05, 0.1) is 0 Å². The van der Waals surface area contributed by atoms with E-state index in [1.165, 1.54) is 0 Å². The first-order chi connectivity index (χ1) is 5.87. The number of nitrogens with zero attached hydrogens (tertiary/aromatic N) is 1. The second-order valence-corrected chi connectivity index (χ2v) is 6.03.